The second kappa shape index (κ2) is 12.1. The van der Waals surface area contributed by atoms with Gasteiger partial charge in [-0.2, -0.15) is 5.48 Å². The van der Waals surface area contributed by atoms with E-state index in [0.717, 1.165) is 36.6 Å². The molecule has 4 fully saturated rings. The van der Waals surface area contributed by atoms with Crippen LogP contribution in [0.2, 0.25) is 0 Å². The van der Waals surface area contributed by atoms with Gasteiger partial charge in [0.1, 0.15) is 12.5 Å². The molecule has 0 amide bonds. The predicted molar refractivity (Wildman–Crippen MR) is 124 cm³/mol. The Morgan fingerprint density at radius 3 is 2.39 bits per heavy atom. The van der Waals surface area contributed by atoms with Crippen LogP contribution in [0.4, 0.5) is 4.39 Å². The Morgan fingerprint density at radius 1 is 1.00 bits per heavy atom. The number of alkyl halides is 1. The number of hydrogen-bond donors (Lipinski definition) is 2. The summed E-state index contributed by atoms with van der Waals surface area (Å²) in [6, 6.07) is 1.33. The maximum absolute atomic E-state index is 13.6. The summed E-state index contributed by atoms with van der Waals surface area (Å²) in [5.74, 6) is 2.33. The molecule has 7 atom stereocenters. The maximum atomic E-state index is 13.6. The van der Waals surface area contributed by atoms with Crippen molar-refractivity contribution in [1.82, 2.24) is 15.7 Å². The third-order valence-electron chi connectivity index (χ3n) is 8.65. The summed E-state index contributed by atoms with van der Waals surface area (Å²) >= 11 is 0. The Balaban J connectivity index is 0.000000179. The third-order valence-corrected chi connectivity index (χ3v) is 8.65. The van der Waals surface area contributed by atoms with Crippen LogP contribution in [0.15, 0.2) is 0 Å². The number of fused-ring (bicyclic) bond motifs is 1. The minimum Gasteiger partial charge on any atom is -0.317 e. The first-order valence-corrected chi connectivity index (χ1v) is 12.8. The van der Waals surface area contributed by atoms with Crippen LogP contribution < -0.4 is 10.8 Å². The normalized spacial score (nSPS) is 43.5. The molecule has 1 aliphatic heterocycles. The number of carbonyl (C=O) groups excluding carboxylic acids is 1. The molecule has 0 radical (unpaired) electrons. The monoisotopic (exact) mass is 439 g/mol. The average Bonchev–Trinajstić information content (AvgIpc) is 2.81. The lowest BCUT2D eigenvalue weighted by molar-refractivity contribution is -0.166. The Labute approximate surface area is 189 Å². The predicted octanol–water partition coefficient (Wildman–Crippen LogP) is 4.12. The second-order valence-corrected chi connectivity index (χ2v) is 10.9. The van der Waals surface area contributed by atoms with Crippen LogP contribution in [0.5, 0.6) is 0 Å². The zero-order valence-electron chi connectivity index (χ0n) is 20.2. The highest BCUT2D eigenvalue weighted by molar-refractivity contribution is 5.57. The lowest BCUT2D eigenvalue weighted by atomic mass is 9.71. The van der Waals surface area contributed by atoms with E-state index in [1.165, 1.54) is 51.4 Å². The van der Waals surface area contributed by atoms with Gasteiger partial charge in [-0.15, -0.1) is 0 Å². The highest BCUT2D eigenvalue weighted by Crippen LogP contribution is 2.39. The summed E-state index contributed by atoms with van der Waals surface area (Å²) in [6.07, 6.45) is 13.6. The Bertz CT molecular complexity index is 541. The summed E-state index contributed by atoms with van der Waals surface area (Å²) < 4.78 is 13.6. The molecular formula is C25H46FN3O2. The van der Waals surface area contributed by atoms with Gasteiger partial charge in [-0.3, -0.25) is 4.84 Å². The average molecular weight is 440 g/mol. The van der Waals surface area contributed by atoms with Crippen LogP contribution in [0.3, 0.4) is 0 Å². The molecule has 5 nitrogen and oxygen atoms in total. The van der Waals surface area contributed by atoms with E-state index >= 15 is 0 Å². The minimum atomic E-state index is -0.805. The summed E-state index contributed by atoms with van der Waals surface area (Å²) in [7, 11) is 6.61. The van der Waals surface area contributed by atoms with Crippen molar-refractivity contribution in [3.05, 3.63) is 0 Å². The Hall–Kier alpha value is -0.560. The number of carbonyl (C=O) groups is 1. The quantitative estimate of drug-likeness (QED) is 0.646. The van der Waals surface area contributed by atoms with Crippen molar-refractivity contribution in [2.24, 2.45) is 23.7 Å². The molecule has 0 aromatic heterocycles. The molecule has 3 saturated carbocycles. The van der Waals surface area contributed by atoms with Crippen LogP contribution in [0.25, 0.3) is 0 Å². The molecule has 0 aromatic rings. The van der Waals surface area contributed by atoms with E-state index in [-0.39, 0.29) is 18.1 Å². The summed E-state index contributed by atoms with van der Waals surface area (Å²) in [5.41, 5.74) is 2.68. The SMILES string of the molecule is CC1CCC(F)C2CC(C=O)NOC12.CNC1CCCC(C2CCC(N(C)C)CC2)C1. The first-order chi connectivity index (χ1) is 14.9. The van der Waals surface area contributed by atoms with Crippen molar-refractivity contribution in [2.75, 3.05) is 21.1 Å². The summed E-state index contributed by atoms with van der Waals surface area (Å²) in [4.78, 5) is 18.3. The minimum absolute atomic E-state index is 0.0602. The van der Waals surface area contributed by atoms with Crippen LogP contribution >= 0.6 is 0 Å². The van der Waals surface area contributed by atoms with Crippen molar-refractivity contribution in [3.8, 4) is 0 Å². The lowest BCUT2D eigenvalue weighted by Crippen LogP contribution is -2.53. The highest BCUT2D eigenvalue weighted by atomic mass is 19.1. The number of hydrogen-bond acceptors (Lipinski definition) is 5. The van der Waals surface area contributed by atoms with Gasteiger partial charge in [0.15, 0.2) is 0 Å². The fourth-order valence-corrected chi connectivity index (χ4v) is 6.51. The van der Waals surface area contributed by atoms with E-state index in [9.17, 15) is 9.18 Å². The molecule has 31 heavy (non-hydrogen) atoms. The zero-order chi connectivity index (χ0) is 22.4. The number of hydroxylamine groups is 1. The highest BCUT2D eigenvalue weighted by Gasteiger charge is 2.43. The number of halogens is 1. The Kier molecular flexibility index (Phi) is 9.75. The van der Waals surface area contributed by atoms with Crippen molar-refractivity contribution in [3.63, 3.8) is 0 Å². The Morgan fingerprint density at radius 2 is 1.74 bits per heavy atom. The smallest absolute Gasteiger partial charge is 0.139 e. The first-order valence-electron chi connectivity index (χ1n) is 12.8. The third kappa shape index (κ3) is 6.72. The van der Waals surface area contributed by atoms with E-state index in [0.29, 0.717) is 18.8 Å². The largest absolute Gasteiger partial charge is 0.317 e. The van der Waals surface area contributed by atoms with Gasteiger partial charge in [-0.25, -0.2) is 4.39 Å². The van der Waals surface area contributed by atoms with Gasteiger partial charge in [0, 0.05) is 18.0 Å². The summed E-state index contributed by atoms with van der Waals surface area (Å²) in [5, 5.41) is 3.49. The molecule has 0 bridgehead atoms. The molecule has 1 saturated heterocycles. The fraction of sp³-hybridized carbons (Fsp3) is 0.960. The van der Waals surface area contributed by atoms with E-state index in [2.05, 4.69) is 43.8 Å². The molecule has 3 aliphatic carbocycles. The van der Waals surface area contributed by atoms with Gasteiger partial charge in [0.2, 0.25) is 0 Å². The van der Waals surface area contributed by atoms with Gasteiger partial charge in [0.25, 0.3) is 0 Å². The van der Waals surface area contributed by atoms with Gasteiger partial charge in [-0.05, 0) is 96.7 Å². The molecule has 6 heteroatoms. The molecule has 4 aliphatic rings. The lowest BCUT2D eigenvalue weighted by Gasteiger charge is -2.42. The van der Waals surface area contributed by atoms with E-state index in [1.807, 2.05) is 0 Å². The number of nitrogens with one attached hydrogen (secondary N) is 2. The molecule has 7 unspecified atom stereocenters. The van der Waals surface area contributed by atoms with Gasteiger partial charge < -0.3 is 15.0 Å². The van der Waals surface area contributed by atoms with Crippen molar-refractivity contribution in [2.45, 2.75) is 108 Å². The van der Waals surface area contributed by atoms with Gasteiger partial charge >= 0.3 is 0 Å². The van der Waals surface area contributed by atoms with Gasteiger partial charge in [0.05, 0.1) is 12.1 Å². The second-order valence-electron chi connectivity index (χ2n) is 10.9. The molecule has 1 heterocycles. The van der Waals surface area contributed by atoms with E-state index in [4.69, 9.17) is 4.84 Å². The molecule has 180 valence electrons. The molecule has 2 N–H and O–H groups in total. The van der Waals surface area contributed by atoms with Crippen molar-refractivity contribution in [1.29, 1.82) is 0 Å². The number of aldehydes is 1. The molecule has 4 rings (SSSR count). The summed E-state index contributed by atoms with van der Waals surface area (Å²) in [6.45, 7) is 2.08. The fourth-order valence-electron chi connectivity index (χ4n) is 6.51. The number of nitrogens with zero attached hydrogens (tertiary/aromatic N) is 1. The zero-order valence-corrected chi connectivity index (χ0v) is 20.2. The molecular weight excluding hydrogens is 393 g/mol. The standard InChI is InChI=1S/C15H30N2.C10H16FNO2/c1-16-14-6-4-5-13(11-14)12-7-9-15(10-8-12)17(2)3;1-6-2-3-9(11)8-4-7(5-13)12-14-10(6)8/h12-16H,4-11H2,1-3H3;5-10,12H,2-4H2,1H3. The van der Waals surface area contributed by atoms with Crippen LogP contribution in [-0.2, 0) is 9.63 Å². The first kappa shape index (κ1) is 25.1. The van der Waals surface area contributed by atoms with Crippen molar-refractivity contribution >= 4 is 6.29 Å². The topological polar surface area (TPSA) is 53.6 Å². The van der Waals surface area contributed by atoms with E-state index in [1.54, 1.807) is 0 Å². The van der Waals surface area contributed by atoms with Crippen LogP contribution in [0.1, 0.15) is 77.6 Å². The molecule has 0 spiro atoms. The maximum Gasteiger partial charge on any atom is 0.139 e. The van der Waals surface area contributed by atoms with Gasteiger partial charge in [-0.1, -0.05) is 19.8 Å². The number of rotatable bonds is 4. The van der Waals surface area contributed by atoms with Crippen molar-refractivity contribution < 1.29 is 14.0 Å². The molecule has 0 aromatic carbocycles. The van der Waals surface area contributed by atoms with E-state index < -0.39 is 6.17 Å². The van der Waals surface area contributed by atoms with Crippen LogP contribution in [0, 0.1) is 23.7 Å². The van der Waals surface area contributed by atoms with Crippen LogP contribution in [-0.4, -0.2) is 62.7 Å².